The summed E-state index contributed by atoms with van der Waals surface area (Å²) in [7, 11) is 0. The van der Waals surface area contributed by atoms with Gasteiger partial charge in [0.1, 0.15) is 5.82 Å². The molecule has 3 N–H and O–H groups in total. The number of carbonyl (C=O) groups excluding carboxylic acids is 1. The number of nitrogens with one attached hydrogen (secondary N) is 1. The van der Waals surface area contributed by atoms with Gasteiger partial charge in [-0.25, -0.2) is 9.07 Å². The molecule has 1 amide bonds. The summed E-state index contributed by atoms with van der Waals surface area (Å²) in [5.74, 6) is 0.700. The fraction of sp³-hybridized carbons (Fsp3) is 0.545. The molecule has 1 aromatic carbocycles. The van der Waals surface area contributed by atoms with Gasteiger partial charge >= 0.3 is 0 Å². The summed E-state index contributed by atoms with van der Waals surface area (Å²) in [5, 5.41) is 7.77. The largest absolute Gasteiger partial charge is 0.349 e. The lowest BCUT2D eigenvalue weighted by atomic mass is 9.67. The second kappa shape index (κ2) is 7.66. The Kier molecular flexibility index (Phi) is 5.23. The molecule has 5 nitrogen and oxygen atoms in total. The first kappa shape index (κ1) is 19.1. The number of carbonyl (C=O) groups is 1. The van der Waals surface area contributed by atoms with E-state index in [1.165, 1.54) is 18.6 Å². The van der Waals surface area contributed by atoms with Gasteiger partial charge in [-0.1, -0.05) is 20.3 Å². The fourth-order valence-electron chi connectivity index (χ4n) is 5.13. The van der Waals surface area contributed by atoms with Gasteiger partial charge in [-0.2, -0.15) is 5.10 Å². The van der Waals surface area contributed by atoms with Crippen molar-refractivity contribution in [3.63, 3.8) is 0 Å². The molecule has 2 unspecified atom stereocenters. The van der Waals surface area contributed by atoms with Crippen LogP contribution in [0.4, 0.5) is 4.39 Å². The Morgan fingerprint density at radius 2 is 1.86 bits per heavy atom. The monoisotopic (exact) mass is 384 g/mol. The molecule has 0 aliphatic heterocycles. The van der Waals surface area contributed by atoms with Crippen LogP contribution >= 0.6 is 0 Å². The molecular weight excluding hydrogens is 355 g/mol. The molecule has 6 heteroatoms. The Hall–Kier alpha value is -2.21. The van der Waals surface area contributed by atoms with Crippen LogP contribution in [0.15, 0.2) is 30.5 Å². The highest BCUT2D eigenvalue weighted by Gasteiger charge is 2.40. The third-order valence-electron chi connectivity index (χ3n) is 6.34. The number of hydrogen-bond acceptors (Lipinski definition) is 3. The van der Waals surface area contributed by atoms with E-state index in [9.17, 15) is 9.18 Å². The van der Waals surface area contributed by atoms with Gasteiger partial charge in [-0.05, 0) is 67.7 Å². The van der Waals surface area contributed by atoms with E-state index in [4.69, 9.17) is 5.73 Å². The second-order valence-electron chi connectivity index (χ2n) is 8.67. The number of fused-ring (bicyclic) bond motifs is 2. The number of nitrogens with two attached hydrogens (primary N) is 1. The molecule has 2 aliphatic carbocycles. The molecule has 2 atom stereocenters. The predicted molar refractivity (Wildman–Crippen MR) is 107 cm³/mol. The van der Waals surface area contributed by atoms with Crippen LogP contribution in [0.3, 0.4) is 0 Å². The van der Waals surface area contributed by atoms with Gasteiger partial charge in [-0.3, -0.25) is 4.79 Å². The zero-order valence-electron chi connectivity index (χ0n) is 16.6. The average molecular weight is 384 g/mol. The van der Waals surface area contributed by atoms with E-state index >= 15 is 0 Å². The number of rotatable bonds is 4. The first-order chi connectivity index (χ1) is 13.4. The van der Waals surface area contributed by atoms with Gasteiger partial charge in [-0.15, -0.1) is 0 Å². The molecule has 2 aromatic rings. The van der Waals surface area contributed by atoms with Crippen LogP contribution in [-0.2, 0) is 0 Å². The average Bonchev–Trinajstić information content (AvgIpc) is 3.08. The van der Waals surface area contributed by atoms with Crippen LogP contribution in [-0.4, -0.2) is 27.8 Å². The lowest BCUT2D eigenvalue weighted by molar-refractivity contribution is 0.0755. The maximum Gasteiger partial charge on any atom is 0.255 e. The van der Waals surface area contributed by atoms with E-state index in [1.807, 2.05) is 13.8 Å². The highest BCUT2D eigenvalue weighted by molar-refractivity contribution is 5.95. The highest BCUT2D eigenvalue weighted by atomic mass is 19.1. The standard InChI is InChI=1S/C22H29FN4O/c1-13(2)21-19(12-25-27(21)18-8-6-16(23)7-9-18)22(28)26-20-14-4-3-5-15(20)11-17(24)10-14/h6-9,12-15,17,20H,3-5,10-11,24H2,1-2H3,(H,26,28). The van der Waals surface area contributed by atoms with Crippen molar-refractivity contribution in [1.29, 1.82) is 0 Å². The first-order valence-electron chi connectivity index (χ1n) is 10.3. The molecule has 28 heavy (non-hydrogen) atoms. The minimum Gasteiger partial charge on any atom is -0.349 e. The third kappa shape index (κ3) is 3.58. The van der Waals surface area contributed by atoms with Crippen LogP contribution < -0.4 is 11.1 Å². The third-order valence-corrected chi connectivity index (χ3v) is 6.34. The molecule has 2 saturated carbocycles. The SMILES string of the molecule is CC(C)c1c(C(=O)NC2C3CCCC2CC(N)C3)cnn1-c1ccc(F)cc1. The van der Waals surface area contributed by atoms with Crippen molar-refractivity contribution < 1.29 is 9.18 Å². The maximum atomic E-state index is 13.3. The van der Waals surface area contributed by atoms with E-state index in [0.29, 0.717) is 17.4 Å². The lowest BCUT2D eigenvalue weighted by Crippen LogP contribution is -2.53. The molecule has 0 spiro atoms. The van der Waals surface area contributed by atoms with E-state index in [-0.39, 0.29) is 29.7 Å². The van der Waals surface area contributed by atoms with Crippen molar-refractivity contribution in [2.45, 2.75) is 64.0 Å². The number of halogens is 1. The summed E-state index contributed by atoms with van der Waals surface area (Å²) in [4.78, 5) is 13.2. The minimum absolute atomic E-state index is 0.0607. The van der Waals surface area contributed by atoms with Crippen LogP contribution in [0.5, 0.6) is 0 Å². The lowest BCUT2D eigenvalue weighted by Gasteiger charge is -2.45. The molecule has 2 fully saturated rings. The van der Waals surface area contributed by atoms with Crippen molar-refractivity contribution in [3.8, 4) is 5.69 Å². The summed E-state index contributed by atoms with van der Waals surface area (Å²) < 4.78 is 15.0. The zero-order chi connectivity index (χ0) is 19.8. The van der Waals surface area contributed by atoms with Crippen molar-refractivity contribution in [3.05, 3.63) is 47.5 Å². The van der Waals surface area contributed by atoms with E-state index < -0.39 is 0 Å². The molecule has 1 heterocycles. The molecule has 150 valence electrons. The van der Waals surface area contributed by atoms with Gasteiger partial charge in [0, 0.05) is 12.1 Å². The molecule has 0 radical (unpaired) electrons. The summed E-state index contributed by atoms with van der Waals surface area (Å²) in [5.41, 5.74) is 8.43. The number of hydrogen-bond donors (Lipinski definition) is 2. The number of nitrogens with zero attached hydrogens (tertiary/aromatic N) is 2. The van der Waals surface area contributed by atoms with E-state index in [2.05, 4.69) is 10.4 Å². The quantitative estimate of drug-likeness (QED) is 0.843. The number of benzene rings is 1. The van der Waals surface area contributed by atoms with Crippen LogP contribution in [0.1, 0.15) is 67.9 Å². The van der Waals surface area contributed by atoms with Crippen LogP contribution in [0.25, 0.3) is 5.69 Å². The van der Waals surface area contributed by atoms with Gasteiger partial charge in [0.15, 0.2) is 0 Å². The van der Waals surface area contributed by atoms with Gasteiger partial charge in [0.05, 0.1) is 23.1 Å². The topological polar surface area (TPSA) is 72.9 Å². The predicted octanol–water partition coefficient (Wildman–Crippen LogP) is 3.77. The summed E-state index contributed by atoms with van der Waals surface area (Å²) >= 11 is 0. The Balaban J connectivity index is 1.60. The van der Waals surface area contributed by atoms with Crippen LogP contribution in [0, 0.1) is 17.7 Å². The van der Waals surface area contributed by atoms with Crippen molar-refractivity contribution in [2.75, 3.05) is 0 Å². The second-order valence-corrected chi connectivity index (χ2v) is 8.67. The van der Waals surface area contributed by atoms with E-state index in [1.54, 1.807) is 23.0 Å². The molecule has 2 bridgehead atoms. The zero-order valence-corrected chi connectivity index (χ0v) is 16.6. The summed E-state index contributed by atoms with van der Waals surface area (Å²) in [6.07, 6.45) is 7.13. The van der Waals surface area contributed by atoms with E-state index in [0.717, 1.165) is 37.1 Å². The number of amides is 1. The summed E-state index contributed by atoms with van der Waals surface area (Å²) in [6, 6.07) is 6.65. The van der Waals surface area contributed by atoms with Gasteiger partial charge in [0.2, 0.25) is 0 Å². The highest BCUT2D eigenvalue weighted by Crippen LogP contribution is 2.40. The molecule has 2 aliphatic rings. The molecular formula is C22H29FN4O. The van der Waals surface area contributed by atoms with Crippen molar-refractivity contribution in [2.24, 2.45) is 17.6 Å². The van der Waals surface area contributed by atoms with Crippen molar-refractivity contribution in [1.82, 2.24) is 15.1 Å². The Morgan fingerprint density at radius 3 is 2.46 bits per heavy atom. The van der Waals surface area contributed by atoms with Crippen molar-refractivity contribution >= 4 is 5.91 Å². The Labute approximate surface area is 165 Å². The number of aromatic nitrogens is 2. The maximum absolute atomic E-state index is 13.3. The summed E-state index contributed by atoms with van der Waals surface area (Å²) in [6.45, 7) is 4.09. The Morgan fingerprint density at radius 1 is 1.21 bits per heavy atom. The Bertz CT molecular complexity index is 831. The molecule has 1 aromatic heterocycles. The van der Waals surface area contributed by atoms with Crippen LogP contribution in [0.2, 0.25) is 0 Å². The fourth-order valence-corrected chi connectivity index (χ4v) is 5.13. The minimum atomic E-state index is -0.290. The first-order valence-corrected chi connectivity index (χ1v) is 10.3. The van der Waals surface area contributed by atoms with Gasteiger partial charge < -0.3 is 11.1 Å². The molecule has 4 rings (SSSR count). The van der Waals surface area contributed by atoms with Gasteiger partial charge in [0.25, 0.3) is 5.91 Å². The normalized spacial score (nSPS) is 27.0. The smallest absolute Gasteiger partial charge is 0.255 e. The molecule has 0 saturated heterocycles.